The average Bonchev–Trinajstić information content (AvgIpc) is 2.55. The van der Waals surface area contributed by atoms with E-state index in [2.05, 4.69) is 10.6 Å². The third-order valence-electron chi connectivity index (χ3n) is 3.71. The van der Waals surface area contributed by atoms with Crippen LogP contribution in [0.15, 0.2) is 36.4 Å². The predicted molar refractivity (Wildman–Crippen MR) is 90.4 cm³/mol. The van der Waals surface area contributed by atoms with E-state index in [9.17, 15) is 19.7 Å². The molecule has 0 saturated carbocycles. The fourth-order valence-corrected chi connectivity index (χ4v) is 2.35. The van der Waals surface area contributed by atoms with E-state index in [1.165, 1.54) is 25.1 Å². The second-order valence-electron chi connectivity index (χ2n) is 5.27. The summed E-state index contributed by atoms with van der Waals surface area (Å²) >= 11 is 0. The second-order valence-corrected chi connectivity index (χ2v) is 5.27. The summed E-state index contributed by atoms with van der Waals surface area (Å²) in [6.07, 6.45) is 0. The molecule has 0 saturated heterocycles. The summed E-state index contributed by atoms with van der Waals surface area (Å²) in [5, 5.41) is 16.2. The predicted octanol–water partition coefficient (Wildman–Crippen LogP) is 2.82. The summed E-state index contributed by atoms with van der Waals surface area (Å²) in [5.74, 6) is -0.655. The monoisotopic (exact) mass is 327 g/mol. The zero-order valence-electron chi connectivity index (χ0n) is 13.5. The van der Waals surface area contributed by atoms with Crippen molar-refractivity contribution in [3.8, 4) is 0 Å². The normalized spacial score (nSPS) is 10.1. The molecule has 0 spiro atoms. The first-order chi connectivity index (χ1) is 11.3. The summed E-state index contributed by atoms with van der Waals surface area (Å²) < 4.78 is 0. The number of benzene rings is 2. The van der Waals surface area contributed by atoms with Gasteiger partial charge in [0.2, 0.25) is 0 Å². The van der Waals surface area contributed by atoms with E-state index in [-0.39, 0.29) is 17.2 Å². The van der Waals surface area contributed by atoms with Crippen LogP contribution in [0.5, 0.6) is 0 Å². The van der Waals surface area contributed by atoms with Crippen LogP contribution in [0.25, 0.3) is 0 Å². The van der Waals surface area contributed by atoms with Crippen molar-refractivity contribution < 1.29 is 14.5 Å². The lowest BCUT2D eigenvalue weighted by Gasteiger charge is -2.11. The molecule has 0 bridgehead atoms. The van der Waals surface area contributed by atoms with E-state index in [1.54, 1.807) is 32.2 Å². The number of hydrogen-bond acceptors (Lipinski definition) is 4. The quantitative estimate of drug-likeness (QED) is 0.666. The maximum atomic E-state index is 12.4. The summed E-state index contributed by atoms with van der Waals surface area (Å²) in [6.45, 7) is 3.30. The van der Waals surface area contributed by atoms with E-state index in [0.717, 1.165) is 0 Å². The number of anilines is 1. The van der Waals surface area contributed by atoms with Crippen molar-refractivity contribution in [3.05, 3.63) is 68.8 Å². The molecule has 2 aromatic rings. The SMILES string of the molecule is CNC(=O)c1ccc(NC(=O)c2cccc([N+](=O)[O-])c2C)c(C)c1. The Bertz CT molecular complexity index is 831. The van der Waals surface area contributed by atoms with Crippen molar-refractivity contribution in [2.75, 3.05) is 12.4 Å². The third kappa shape index (κ3) is 3.40. The highest BCUT2D eigenvalue weighted by atomic mass is 16.6. The Labute approximate surface area is 138 Å². The van der Waals surface area contributed by atoms with Gasteiger partial charge in [-0.15, -0.1) is 0 Å². The Kier molecular flexibility index (Phi) is 4.93. The number of carbonyl (C=O) groups is 2. The number of nitro groups is 1. The standard InChI is InChI=1S/C17H17N3O4/c1-10-9-12(16(21)18-3)7-8-14(10)19-17(22)13-5-4-6-15(11(13)2)20(23)24/h4-9H,1-3H3,(H,18,21)(H,19,22). The molecule has 0 radical (unpaired) electrons. The summed E-state index contributed by atoms with van der Waals surface area (Å²) in [5.41, 5.74) is 2.18. The largest absolute Gasteiger partial charge is 0.355 e. The fourth-order valence-electron chi connectivity index (χ4n) is 2.35. The highest BCUT2D eigenvalue weighted by Gasteiger charge is 2.18. The molecule has 2 amide bonds. The van der Waals surface area contributed by atoms with Crippen molar-refractivity contribution >= 4 is 23.2 Å². The van der Waals surface area contributed by atoms with Crippen molar-refractivity contribution in [2.45, 2.75) is 13.8 Å². The smallest absolute Gasteiger partial charge is 0.273 e. The molecule has 0 unspecified atom stereocenters. The van der Waals surface area contributed by atoms with Crippen LogP contribution in [-0.4, -0.2) is 23.8 Å². The molecule has 0 atom stereocenters. The Morgan fingerprint density at radius 3 is 2.38 bits per heavy atom. The molecule has 0 fully saturated rings. The van der Waals surface area contributed by atoms with E-state index >= 15 is 0 Å². The van der Waals surface area contributed by atoms with Crippen LogP contribution in [-0.2, 0) is 0 Å². The number of nitro benzene ring substituents is 1. The first kappa shape index (κ1) is 17.1. The number of nitrogens with zero attached hydrogens (tertiary/aromatic N) is 1. The van der Waals surface area contributed by atoms with Gasteiger partial charge in [-0.3, -0.25) is 19.7 Å². The molecule has 0 aliphatic rings. The molecule has 7 nitrogen and oxygen atoms in total. The molecule has 0 aliphatic heterocycles. The zero-order valence-corrected chi connectivity index (χ0v) is 13.5. The summed E-state index contributed by atoms with van der Waals surface area (Å²) in [4.78, 5) is 34.5. The van der Waals surface area contributed by atoms with Crippen LogP contribution in [0.1, 0.15) is 31.8 Å². The Morgan fingerprint density at radius 1 is 1.08 bits per heavy atom. The molecule has 2 aromatic carbocycles. The van der Waals surface area contributed by atoms with Crippen molar-refractivity contribution in [2.24, 2.45) is 0 Å². The van der Waals surface area contributed by atoms with Crippen LogP contribution in [0.4, 0.5) is 11.4 Å². The highest BCUT2D eigenvalue weighted by molar-refractivity contribution is 6.06. The van der Waals surface area contributed by atoms with Crippen molar-refractivity contribution in [1.82, 2.24) is 5.32 Å². The van der Waals surface area contributed by atoms with Gasteiger partial charge in [0.25, 0.3) is 17.5 Å². The molecule has 2 N–H and O–H groups in total. The van der Waals surface area contributed by atoms with Gasteiger partial charge in [-0.25, -0.2) is 0 Å². The highest BCUT2D eigenvalue weighted by Crippen LogP contribution is 2.23. The van der Waals surface area contributed by atoms with Crippen LogP contribution >= 0.6 is 0 Å². The minimum absolute atomic E-state index is 0.102. The first-order valence-corrected chi connectivity index (χ1v) is 7.23. The summed E-state index contributed by atoms with van der Waals surface area (Å²) in [7, 11) is 1.54. The maximum absolute atomic E-state index is 12.4. The zero-order chi connectivity index (χ0) is 17.9. The number of aryl methyl sites for hydroxylation is 1. The van der Waals surface area contributed by atoms with Crippen LogP contribution < -0.4 is 10.6 Å². The molecule has 0 aromatic heterocycles. The van der Waals surface area contributed by atoms with Gasteiger partial charge < -0.3 is 10.6 Å². The average molecular weight is 327 g/mol. The number of carbonyl (C=O) groups excluding carboxylic acids is 2. The minimum atomic E-state index is -0.518. The minimum Gasteiger partial charge on any atom is -0.355 e. The van der Waals surface area contributed by atoms with Crippen LogP contribution in [0.2, 0.25) is 0 Å². The number of hydrogen-bond donors (Lipinski definition) is 2. The van der Waals surface area contributed by atoms with Crippen molar-refractivity contribution in [3.63, 3.8) is 0 Å². The van der Waals surface area contributed by atoms with E-state index in [0.29, 0.717) is 22.4 Å². The number of amides is 2. The maximum Gasteiger partial charge on any atom is 0.273 e. The molecular weight excluding hydrogens is 310 g/mol. The first-order valence-electron chi connectivity index (χ1n) is 7.23. The van der Waals surface area contributed by atoms with Gasteiger partial charge >= 0.3 is 0 Å². The van der Waals surface area contributed by atoms with Gasteiger partial charge in [-0.1, -0.05) is 6.07 Å². The lowest BCUT2D eigenvalue weighted by Crippen LogP contribution is -2.18. The molecule has 24 heavy (non-hydrogen) atoms. The molecular formula is C17H17N3O4. The molecule has 7 heteroatoms. The fraction of sp³-hybridized carbons (Fsp3) is 0.176. The van der Waals surface area contributed by atoms with Gasteiger partial charge in [-0.05, 0) is 43.7 Å². The van der Waals surface area contributed by atoms with E-state index in [1.807, 2.05) is 0 Å². The van der Waals surface area contributed by atoms with E-state index < -0.39 is 10.8 Å². The molecule has 124 valence electrons. The number of rotatable bonds is 4. The number of nitrogens with one attached hydrogen (secondary N) is 2. The topological polar surface area (TPSA) is 101 Å². The van der Waals surface area contributed by atoms with Gasteiger partial charge in [0.1, 0.15) is 0 Å². The second kappa shape index (κ2) is 6.91. The van der Waals surface area contributed by atoms with E-state index in [4.69, 9.17) is 0 Å². The van der Waals surface area contributed by atoms with Gasteiger partial charge in [0.15, 0.2) is 0 Å². The van der Waals surface area contributed by atoms with Crippen LogP contribution in [0, 0.1) is 24.0 Å². The Balaban J connectivity index is 2.29. The van der Waals surface area contributed by atoms with Gasteiger partial charge in [0.05, 0.1) is 4.92 Å². The Morgan fingerprint density at radius 2 is 1.79 bits per heavy atom. The summed E-state index contributed by atoms with van der Waals surface area (Å²) in [6, 6.07) is 9.25. The van der Waals surface area contributed by atoms with Crippen molar-refractivity contribution in [1.29, 1.82) is 0 Å². The molecule has 0 heterocycles. The Hall–Kier alpha value is -3.22. The lowest BCUT2D eigenvalue weighted by atomic mass is 10.1. The van der Waals surface area contributed by atoms with Crippen LogP contribution in [0.3, 0.4) is 0 Å². The third-order valence-corrected chi connectivity index (χ3v) is 3.71. The molecule has 2 rings (SSSR count). The molecule has 0 aliphatic carbocycles. The van der Waals surface area contributed by atoms with Gasteiger partial charge in [-0.2, -0.15) is 0 Å². The van der Waals surface area contributed by atoms with Gasteiger partial charge in [0, 0.05) is 35.5 Å². The lowest BCUT2D eigenvalue weighted by molar-refractivity contribution is -0.385.